The van der Waals surface area contributed by atoms with Crippen molar-refractivity contribution in [3.8, 4) is 0 Å². The van der Waals surface area contributed by atoms with E-state index in [4.69, 9.17) is 0 Å². The monoisotopic (exact) mass is 245 g/mol. The second-order valence-electron chi connectivity index (χ2n) is 5.36. The van der Waals surface area contributed by atoms with Crippen LogP contribution in [0.3, 0.4) is 0 Å². The van der Waals surface area contributed by atoms with E-state index in [1.165, 1.54) is 19.3 Å². The van der Waals surface area contributed by atoms with E-state index in [0.717, 1.165) is 29.9 Å². The Labute approximate surface area is 107 Å². The highest BCUT2D eigenvalue weighted by molar-refractivity contribution is 6.03. The lowest BCUT2D eigenvalue weighted by Gasteiger charge is -2.34. The van der Waals surface area contributed by atoms with Crippen LogP contribution in [-0.2, 0) is 4.79 Å². The molecular weight excluding hydrogens is 226 g/mol. The first-order chi connectivity index (χ1) is 8.75. The summed E-state index contributed by atoms with van der Waals surface area (Å²) in [6.07, 6.45) is 7.86. The molecule has 96 valence electrons. The normalized spacial score (nSPS) is 24.1. The molecule has 18 heavy (non-hydrogen) atoms. The fourth-order valence-electron chi connectivity index (χ4n) is 3.04. The van der Waals surface area contributed by atoms with Crippen molar-refractivity contribution < 1.29 is 4.79 Å². The lowest BCUT2D eigenvalue weighted by atomic mass is 9.83. The van der Waals surface area contributed by atoms with Gasteiger partial charge in [0, 0.05) is 6.20 Å². The first-order valence-electron chi connectivity index (χ1n) is 6.79. The second-order valence-corrected chi connectivity index (χ2v) is 5.36. The van der Waals surface area contributed by atoms with Crippen LogP contribution in [0.1, 0.15) is 37.7 Å². The number of aromatic nitrogens is 1. The molecule has 1 aromatic heterocycles. The summed E-state index contributed by atoms with van der Waals surface area (Å²) < 4.78 is 0. The Kier molecular flexibility index (Phi) is 2.94. The number of carbonyl (C=O) groups excluding carboxylic acids is 1. The summed E-state index contributed by atoms with van der Waals surface area (Å²) in [6.45, 7) is 1.99. The molecule has 2 N–H and O–H groups in total. The van der Waals surface area contributed by atoms with Gasteiger partial charge >= 0.3 is 0 Å². The zero-order chi connectivity index (χ0) is 12.5. The zero-order valence-electron chi connectivity index (χ0n) is 10.7. The molecule has 2 heterocycles. The molecule has 1 aromatic rings. The van der Waals surface area contributed by atoms with Gasteiger partial charge in [-0.25, -0.2) is 4.98 Å². The molecule has 1 atom stereocenters. The molecule has 2 aliphatic rings. The number of amides is 1. The van der Waals surface area contributed by atoms with E-state index in [0.29, 0.717) is 5.92 Å². The standard InChI is InChI=1S/C14H19N3O/c1-9-7-8-15-13-11(9)17-14(18)12(16-13)10-5-3-2-4-6-10/h7-8,10,12H,2-6H2,1H3,(H,15,16)(H,17,18). The smallest absolute Gasteiger partial charge is 0.247 e. The van der Waals surface area contributed by atoms with Gasteiger partial charge in [-0.05, 0) is 37.3 Å². The number of nitrogens with one attached hydrogen (secondary N) is 2. The Hall–Kier alpha value is -1.58. The van der Waals surface area contributed by atoms with Gasteiger partial charge in [-0.15, -0.1) is 0 Å². The van der Waals surface area contributed by atoms with E-state index in [1.807, 2.05) is 13.0 Å². The van der Waals surface area contributed by atoms with Crippen molar-refractivity contribution in [1.29, 1.82) is 0 Å². The van der Waals surface area contributed by atoms with Gasteiger partial charge in [0.25, 0.3) is 0 Å². The molecule has 1 fully saturated rings. The van der Waals surface area contributed by atoms with Crippen molar-refractivity contribution >= 4 is 17.4 Å². The fourth-order valence-corrected chi connectivity index (χ4v) is 3.04. The number of rotatable bonds is 1. The average molecular weight is 245 g/mol. The largest absolute Gasteiger partial charge is 0.356 e. The maximum absolute atomic E-state index is 12.2. The fraction of sp³-hybridized carbons (Fsp3) is 0.571. The Morgan fingerprint density at radius 2 is 2.06 bits per heavy atom. The van der Waals surface area contributed by atoms with Crippen LogP contribution in [0.5, 0.6) is 0 Å². The van der Waals surface area contributed by atoms with Gasteiger partial charge < -0.3 is 10.6 Å². The van der Waals surface area contributed by atoms with E-state index in [-0.39, 0.29) is 11.9 Å². The van der Waals surface area contributed by atoms with Crippen molar-refractivity contribution in [2.45, 2.75) is 45.1 Å². The summed E-state index contributed by atoms with van der Waals surface area (Å²) in [4.78, 5) is 16.5. The third kappa shape index (κ3) is 1.96. The van der Waals surface area contributed by atoms with Gasteiger partial charge in [-0.2, -0.15) is 0 Å². The van der Waals surface area contributed by atoms with Crippen LogP contribution >= 0.6 is 0 Å². The number of anilines is 2. The number of carbonyl (C=O) groups is 1. The summed E-state index contributed by atoms with van der Waals surface area (Å²) in [5, 5.41) is 6.35. The number of aryl methyl sites for hydroxylation is 1. The van der Waals surface area contributed by atoms with Crippen LogP contribution in [0.25, 0.3) is 0 Å². The molecule has 1 unspecified atom stereocenters. The molecule has 0 radical (unpaired) electrons. The molecule has 1 aliphatic carbocycles. The van der Waals surface area contributed by atoms with E-state index in [9.17, 15) is 4.79 Å². The number of nitrogens with zero attached hydrogens (tertiary/aromatic N) is 1. The van der Waals surface area contributed by atoms with Crippen LogP contribution in [0.2, 0.25) is 0 Å². The van der Waals surface area contributed by atoms with Gasteiger partial charge in [-0.3, -0.25) is 4.79 Å². The number of fused-ring (bicyclic) bond motifs is 1. The molecular formula is C14H19N3O. The van der Waals surface area contributed by atoms with Crippen molar-refractivity contribution in [1.82, 2.24) is 4.98 Å². The van der Waals surface area contributed by atoms with Crippen molar-refractivity contribution in [2.24, 2.45) is 5.92 Å². The number of hydrogen-bond acceptors (Lipinski definition) is 3. The zero-order valence-corrected chi connectivity index (χ0v) is 10.7. The third-order valence-electron chi connectivity index (χ3n) is 4.10. The highest BCUT2D eigenvalue weighted by Gasteiger charge is 2.34. The molecule has 1 saturated carbocycles. The topological polar surface area (TPSA) is 54.0 Å². The van der Waals surface area contributed by atoms with Crippen LogP contribution < -0.4 is 10.6 Å². The SMILES string of the molecule is Cc1ccnc2c1NC(=O)C(C1CCCCC1)N2. The highest BCUT2D eigenvalue weighted by Crippen LogP contribution is 2.34. The molecule has 1 aliphatic heterocycles. The van der Waals surface area contributed by atoms with Gasteiger partial charge in [0.2, 0.25) is 5.91 Å². The van der Waals surface area contributed by atoms with Crippen LogP contribution in [-0.4, -0.2) is 16.9 Å². The summed E-state index contributed by atoms with van der Waals surface area (Å²) in [6, 6.07) is 1.81. The molecule has 0 aromatic carbocycles. The first-order valence-corrected chi connectivity index (χ1v) is 6.79. The minimum Gasteiger partial charge on any atom is -0.356 e. The molecule has 4 heteroatoms. The van der Waals surface area contributed by atoms with E-state index < -0.39 is 0 Å². The Morgan fingerprint density at radius 1 is 1.28 bits per heavy atom. The maximum Gasteiger partial charge on any atom is 0.247 e. The quantitative estimate of drug-likeness (QED) is 0.799. The van der Waals surface area contributed by atoms with Gasteiger partial charge in [-0.1, -0.05) is 19.3 Å². The van der Waals surface area contributed by atoms with Crippen molar-refractivity contribution in [2.75, 3.05) is 10.6 Å². The highest BCUT2D eigenvalue weighted by atomic mass is 16.2. The first kappa shape index (κ1) is 11.5. The second kappa shape index (κ2) is 4.59. The molecule has 1 amide bonds. The predicted molar refractivity (Wildman–Crippen MR) is 71.6 cm³/mol. The summed E-state index contributed by atoms with van der Waals surface area (Å²) in [7, 11) is 0. The van der Waals surface area contributed by atoms with E-state index in [2.05, 4.69) is 15.6 Å². The van der Waals surface area contributed by atoms with Crippen LogP contribution in [0.4, 0.5) is 11.5 Å². The summed E-state index contributed by atoms with van der Waals surface area (Å²) in [5.74, 6) is 1.38. The molecule has 0 bridgehead atoms. The third-order valence-corrected chi connectivity index (χ3v) is 4.10. The minimum atomic E-state index is -0.105. The van der Waals surface area contributed by atoms with E-state index >= 15 is 0 Å². The van der Waals surface area contributed by atoms with Crippen molar-refractivity contribution in [3.05, 3.63) is 17.8 Å². The van der Waals surface area contributed by atoms with Crippen LogP contribution in [0.15, 0.2) is 12.3 Å². The average Bonchev–Trinajstić information content (AvgIpc) is 2.40. The maximum atomic E-state index is 12.2. The van der Waals surface area contributed by atoms with Gasteiger partial charge in [0.05, 0.1) is 5.69 Å². The number of hydrogen-bond donors (Lipinski definition) is 2. The number of pyridine rings is 1. The molecule has 3 rings (SSSR count). The molecule has 0 saturated heterocycles. The minimum absolute atomic E-state index is 0.102. The van der Waals surface area contributed by atoms with Gasteiger partial charge in [0.15, 0.2) is 5.82 Å². The van der Waals surface area contributed by atoms with Crippen molar-refractivity contribution in [3.63, 3.8) is 0 Å². The molecule has 0 spiro atoms. The summed E-state index contributed by atoms with van der Waals surface area (Å²) >= 11 is 0. The van der Waals surface area contributed by atoms with E-state index in [1.54, 1.807) is 6.20 Å². The Morgan fingerprint density at radius 3 is 2.83 bits per heavy atom. The lowest BCUT2D eigenvalue weighted by molar-refractivity contribution is -0.118. The molecule has 4 nitrogen and oxygen atoms in total. The Bertz CT molecular complexity index is 466. The lowest BCUT2D eigenvalue weighted by Crippen LogP contribution is -2.45. The Balaban J connectivity index is 1.85. The van der Waals surface area contributed by atoms with Gasteiger partial charge in [0.1, 0.15) is 6.04 Å². The summed E-state index contributed by atoms with van der Waals surface area (Å²) in [5.41, 5.74) is 1.90. The van der Waals surface area contributed by atoms with Crippen LogP contribution in [0, 0.1) is 12.8 Å². The predicted octanol–water partition coefficient (Wildman–Crippen LogP) is 2.70.